The fourth-order valence-corrected chi connectivity index (χ4v) is 4.53. The van der Waals surface area contributed by atoms with Crippen LogP contribution in [0.25, 0.3) is 27.8 Å². The van der Waals surface area contributed by atoms with Gasteiger partial charge in [0.25, 0.3) is 0 Å². The van der Waals surface area contributed by atoms with E-state index in [2.05, 4.69) is 20.2 Å². The molecule has 1 aromatic carbocycles. The van der Waals surface area contributed by atoms with Crippen molar-refractivity contribution in [3.8, 4) is 33.6 Å². The lowest BCUT2D eigenvalue weighted by Crippen LogP contribution is -2.00. The van der Waals surface area contributed by atoms with E-state index in [1.165, 1.54) is 0 Å². The van der Waals surface area contributed by atoms with Crippen LogP contribution in [-0.2, 0) is 5.75 Å². The largest absolute Gasteiger partial charge is 0.497 e. The van der Waals surface area contributed by atoms with E-state index in [-0.39, 0.29) is 0 Å². The molecule has 0 atom stereocenters. The number of pyridine rings is 1. The van der Waals surface area contributed by atoms with Gasteiger partial charge in [-0.05, 0) is 47.8 Å². The first kappa shape index (κ1) is 19.5. The summed E-state index contributed by atoms with van der Waals surface area (Å²) < 4.78 is 13.0. The zero-order chi connectivity index (χ0) is 21.0. The summed E-state index contributed by atoms with van der Waals surface area (Å²) in [6, 6.07) is 15.6. The van der Waals surface area contributed by atoms with Crippen LogP contribution in [-0.4, -0.2) is 31.8 Å². The number of benzene rings is 1. The third-order valence-electron chi connectivity index (χ3n) is 4.54. The average Bonchev–Trinajstić information content (AvgIpc) is 3.59. The van der Waals surface area contributed by atoms with Gasteiger partial charge in [-0.15, -0.1) is 21.5 Å². The van der Waals surface area contributed by atoms with Crippen molar-refractivity contribution in [3.63, 3.8) is 0 Å². The quantitative estimate of drug-likeness (QED) is 0.311. The summed E-state index contributed by atoms with van der Waals surface area (Å²) >= 11 is 3.16. The highest BCUT2D eigenvalue weighted by Crippen LogP contribution is 2.31. The van der Waals surface area contributed by atoms with Gasteiger partial charge in [-0.3, -0.25) is 9.55 Å². The van der Waals surface area contributed by atoms with Crippen LogP contribution in [0.1, 0.15) is 5.69 Å². The third-order valence-corrected chi connectivity index (χ3v) is 6.36. The van der Waals surface area contributed by atoms with Gasteiger partial charge in [-0.2, -0.15) is 0 Å². The van der Waals surface area contributed by atoms with E-state index in [4.69, 9.17) is 9.15 Å². The molecule has 0 aliphatic rings. The topological polar surface area (TPSA) is 78.9 Å². The van der Waals surface area contributed by atoms with Crippen molar-refractivity contribution in [2.75, 3.05) is 7.11 Å². The Balaban J connectivity index is 1.46. The second-order valence-corrected chi connectivity index (χ2v) is 8.38. The summed E-state index contributed by atoms with van der Waals surface area (Å²) in [6.45, 7) is 0. The maximum absolute atomic E-state index is 5.63. The fraction of sp³-hybridized carbons (Fsp3) is 0.0909. The van der Waals surface area contributed by atoms with Gasteiger partial charge >= 0.3 is 0 Å². The van der Waals surface area contributed by atoms with Gasteiger partial charge in [0.1, 0.15) is 12.0 Å². The second-order valence-electron chi connectivity index (χ2n) is 6.49. The zero-order valence-corrected chi connectivity index (χ0v) is 18.1. The lowest BCUT2D eigenvalue weighted by molar-refractivity contribution is 0.414. The average molecular weight is 448 g/mol. The fourth-order valence-electron chi connectivity index (χ4n) is 3.04. The molecular weight excluding hydrogens is 430 g/mol. The lowest BCUT2D eigenvalue weighted by Gasteiger charge is -2.10. The number of thiophene rings is 1. The Morgan fingerprint density at radius 3 is 2.65 bits per heavy atom. The highest BCUT2D eigenvalue weighted by molar-refractivity contribution is 7.98. The summed E-state index contributed by atoms with van der Waals surface area (Å²) in [6.07, 6.45) is 5.19. The molecule has 154 valence electrons. The monoisotopic (exact) mass is 447 g/mol. The number of nitrogens with zero attached hydrogens (tertiary/aromatic N) is 5. The van der Waals surface area contributed by atoms with Gasteiger partial charge in [-0.25, -0.2) is 4.98 Å². The Labute approximate surface area is 186 Å². The molecule has 0 bridgehead atoms. The van der Waals surface area contributed by atoms with Crippen LogP contribution >= 0.6 is 23.1 Å². The number of hydrogen-bond donors (Lipinski definition) is 0. The Morgan fingerprint density at radius 2 is 1.90 bits per heavy atom. The van der Waals surface area contributed by atoms with E-state index in [1.807, 2.05) is 58.5 Å². The molecule has 4 heterocycles. The number of hydrogen-bond acceptors (Lipinski definition) is 8. The van der Waals surface area contributed by atoms with E-state index in [1.54, 1.807) is 48.9 Å². The molecule has 0 N–H and O–H groups in total. The van der Waals surface area contributed by atoms with Crippen molar-refractivity contribution in [3.05, 3.63) is 78.3 Å². The molecule has 0 unspecified atom stereocenters. The van der Waals surface area contributed by atoms with Crippen LogP contribution < -0.4 is 4.74 Å². The minimum atomic E-state index is 0.611. The van der Waals surface area contributed by atoms with E-state index in [0.29, 0.717) is 11.6 Å². The predicted octanol–water partition coefficient (Wildman–Crippen LogP) is 5.35. The molecule has 4 aromatic heterocycles. The van der Waals surface area contributed by atoms with Gasteiger partial charge in [-0.1, -0.05) is 17.8 Å². The summed E-state index contributed by atoms with van der Waals surface area (Å²) in [5.41, 5.74) is 2.73. The molecule has 0 aliphatic carbocycles. The van der Waals surface area contributed by atoms with Crippen LogP contribution in [0.5, 0.6) is 5.75 Å². The summed E-state index contributed by atoms with van der Waals surface area (Å²) in [5.74, 6) is 2.79. The van der Waals surface area contributed by atoms with Crippen LogP contribution in [0.4, 0.5) is 0 Å². The number of thioether (sulfide) groups is 1. The lowest BCUT2D eigenvalue weighted by atomic mass is 10.2. The summed E-state index contributed by atoms with van der Waals surface area (Å²) in [7, 11) is 1.65. The minimum absolute atomic E-state index is 0.611. The molecular formula is C22H17N5O2S2. The number of methoxy groups -OCH3 is 1. The normalized spacial score (nSPS) is 11.0. The van der Waals surface area contributed by atoms with Crippen molar-refractivity contribution < 1.29 is 9.15 Å². The summed E-state index contributed by atoms with van der Waals surface area (Å²) in [4.78, 5) is 9.72. The standard InChI is InChI=1S/C22H17N5O2S2/c1-28-18-6-4-17(5-7-18)27-20(15-8-10-23-11-9-15)25-26-22(27)31-14-16-13-29-21(24-16)19-3-2-12-30-19/h2-13H,14H2,1H3. The minimum Gasteiger partial charge on any atom is -0.497 e. The molecule has 0 saturated heterocycles. The Morgan fingerprint density at radius 1 is 1.06 bits per heavy atom. The molecule has 31 heavy (non-hydrogen) atoms. The van der Waals surface area contributed by atoms with Crippen molar-refractivity contribution >= 4 is 23.1 Å². The van der Waals surface area contributed by atoms with Crippen LogP contribution in [0.2, 0.25) is 0 Å². The van der Waals surface area contributed by atoms with Gasteiger partial charge in [0.2, 0.25) is 5.89 Å². The highest BCUT2D eigenvalue weighted by atomic mass is 32.2. The van der Waals surface area contributed by atoms with Gasteiger partial charge in [0.05, 0.1) is 17.7 Å². The molecule has 0 saturated carbocycles. The van der Waals surface area contributed by atoms with Crippen molar-refractivity contribution in [1.82, 2.24) is 24.7 Å². The maximum Gasteiger partial charge on any atom is 0.236 e. The SMILES string of the molecule is COc1ccc(-n2c(SCc3coc(-c4cccs4)n3)nnc2-c2ccncc2)cc1. The third kappa shape index (κ3) is 4.10. The highest BCUT2D eigenvalue weighted by Gasteiger charge is 2.17. The van der Waals surface area contributed by atoms with E-state index in [9.17, 15) is 0 Å². The van der Waals surface area contributed by atoms with Crippen LogP contribution in [0.3, 0.4) is 0 Å². The molecule has 0 fully saturated rings. The Bertz CT molecular complexity index is 1270. The molecule has 7 nitrogen and oxygen atoms in total. The molecule has 0 aliphatic heterocycles. The van der Waals surface area contributed by atoms with Gasteiger partial charge < -0.3 is 9.15 Å². The van der Waals surface area contributed by atoms with Gasteiger partial charge in [0, 0.05) is 29.4 Å². The Hall–Kier alpha value is -3.43. The molecule has 0 amide bonds. The van der Waals surface area contributed by atoms with Crippen LogP contribution in [0.15, 0.2) is 82.1 Å². The number of rotatable bonds is 7. The first-order valence-electron chi connectivity index (χ1n) is 9.43. The van der Waals surface area contributed by atoms with E-state index >= 15 is 0 Å². The molecule has 5 rings (SSSR count). The number of ether oxygens (including phenoxy) is 1. The van der Waals surface area contributed by atoms with Crippen LogP contribution in [0, 0.1) is 0 Å². The zero-order valence-electron chi connectivity index (χ0n) is 16.5. The molecule has 5 aromatic rings. The molecule has 0 radical (unpaired) electrons. The summed E-state index contributed by atoms with van der Waals surface area (Å²) in [5, 5.41) is 11.7. The van der Waals surface area contributed by atoms with Crippen molar-refractivity contribution in [1.29, 1.82) is 0 Å². The van der Waals surface area contributed by atoms with E-state index in [0.717, 1.165) is 38.6 Å². The molecule has 0 spiro atoms. The number of aromatic nitrogens is 5. The van der Waals surface area contributed by atoms with Crippen molar-refractivity contribution in [2.45, 2.75) is 10.9 Å². The first-order valence-corrected chi connectivity index (χ1v) is 11.3. The number of oxazole rings is 1. The maximum atomic E-state index is 5.63. The Kier molecular flexibility index (Phi) is 5.51. The second kappa shape index (κ2) is 8.75. The predicted molar refractivity (Wildman–Crippen MR) is 121 cm³/mol. The molecule has 9 heteroatoms. The van der Waals surface area contributed by atoms with Crippen molar-refractivity contribution in [2.24, 2.45) is 0 Å². The van der Waals surface area contributed by atoms with Gasteiger partial charge in [0.15, 0.2) is 11.0 Å². The van der Waals surface area contributed by atoms with E-state index < -0.39 is 0 Å². The first-order chi connectivity index (χ1) is 15.3. The smallest absolute Gasteiger partial charge is 0.236 e.